The Morgan fingerprint density at radius 2 is 2.08 bits per heavy atom. The summed E-state index contributed by atoms with van der Waals surface area (Å²) in [6.45, 7) is 3.52. The van der Waals surface area contributed by atoms with Crippen LogP contribution in [0.2, 0.25) is 0 Å². The van der Waals surface area contributed by atoms with Crippen molar-refractivity contribution in [3.63, 3.8) is 0 Å². The number of hydrogen-bond donors (Lipinski definition) is 4. The molecule has 0 saturated carbocycles. The molecule has 25 heavy (non-hydrogen) atoms. The van der Waals surface area contributed by atoms with Crippen LogP contribution >= 0.6 is 0 Å². The summed E-state index contributed by atoms with van der Waals surface area (Å²) in [7, 11) is 0. The van der Waals surface area contributed by atoms with Gasteiger partial charge >= 0.3 is 5.97 Å². The van der Waals surface area contributed by atoms with Gasteiger partial charge in [-0.05, 0) is 26.0 Å². The first-order valence-electron chi connectivity index (χ1n) is 7.60. The molecule has 0 aromatic heterocycles. The van der Waals surface area contributed by atoms with Crippen LogP contribution in [-0.4, -0.2) is 52.3 Å². The zero-order valence-electron chi connectivity index (χ0n) is 13.9. The quantitative estimate of drug-likeness (QED) is 0.354. The Balaban J connectivity index is 2.84. The normalized spacial score (nSPS) is 12.9. The fourth-order valence-electron chi connectivity index (χ4n) is 1.97. The third-order valence-corrected chi connectivity index (χ3v) is 3.10. The number of rotatable bonds is 10. The van der Waals surface area contributed by atoms with Crippen molar-refractivity contribution in [3.8, 4) is 5.75 Å². The molecule has 0 aliphatic rings. The SMILES string of the molecule is CCOc1ccc(NC(=O)CC(NCC(C)O)C(=O)O)c([N+](=O)[O-])c1. The molecule has 1 aromatic rings. The van der Waals surface area contributed by atoms with E-state index in [1.807, 2.05) is 0 Å². The number of carbonyl (C=O) groups excluding carboxylic acids is 1. The number of aliphatic hydroxyl groups excluding tert-OH is 1. The van der Waals surface area contributed by atoms with Gasteiger partial charge in [-0.2, -0.15) is 0 Å². The molecule has 138 valence electrons. The van der Waals surface area contributed by atoms with E-state index >= 15 is 0 Å². The lowest BCUT2D eigenvalue weighted by atomic mass is 10.1. The molecule has 0 fully saturated rings. The summed E-state index contributed by atoms with van der Waals surface area (Å²) in [5.41, 5.74) is -0.416. The van der Waals surface area contributed by atoms with E-state index in [0.29, 0.717) is 6.61 Å². The molecule has 0 aliphatic heterocycles. The van der Waals surface area contributed by atoms with Crippen molar-refractivity contribution in [2.75, 3.05) is 18.5 Å². The second kappa shape index (κ2) is 9.55. The summed E-state index contributed by atoms with van der Waals surface area (Å²) in [5, 5.41) is 34.3. The molecule has 2 atom stereocenters. The van der Waals surface area contributed by atoms with E-state index in [4.69, 9.17) is 9.84 Å². The molecular weight excluding hydrogens is 334 g/mol. The summed E-state index contributed by atoms with van der Waals surface area (Å²) in [5.74, 6) is -1.69. The number of nitrogens with zero attached hydrogens (tertiary/aromatic N) is 1. The number of amides is 1. The number of carbonyl (C=O) groups is 2. The molecule has 10 nitrogen and oxygen atoms in total. The molecule has 1 rings (SSSR count). The van der Waals surface area contributed by atoms with Crippen molar-refractivity contribution < 1.29 is 29.5 Å². The highest BCUT2D eigenvalue weighted by Gasteiger charge is 2.23. The van der Waals surface area contributed by atoms with E-state index in [2.05, 4.69) is 10.6 Å². The fourth-order valence-corrected chi connectivity index (χ4v) is 1.97. The molecule has 0 spiro atoms. The summed E-state index contributed by atoms with van der Waals surface area (Å²) >= 11 is 0. The van der Waals surface area contributed by atoms with Gasteiger partial charge in [0.1, 0.15) is 17.5 Å². The molecule has 0 radical (unpaired) electrons. The summed E-state index contributed by atoms with van der Waals surface area (Å²) < 4.78 is 5.18. The Bertz CT molecular complexity index is 634. The highest BCUT2D eigenvalue weighted by molar-refractivity contribution is 5.95. The van der Waals surface area contributed by atoms with E-state index < -0.39 is 35.4 Å². The number of anilines is 1. The van der Waals surface area contributed by atoms with Gasteiger partial charge in [0.15, 0.2) is 0 Å². The zero-order chi connectivity index (χ0) is 19.0. The second-order valence-corrected chi connectivity index (χ2v) is 5.27. The molecule has 0 heterocycles. The number of nitro groups is 1. The average molecular weight is 355 g/mol. The smallest absolute Gasteiger partial charge is 0.321 e. The van der Waals surface area contributed by atoms with Crippen LogP contribution in [0, 0.1) is 10.1 Å². The Morgan fingerprint density at radius 3 is 2.60 bits per heavy atom. The van der Waals surface area contributed by atoms with Crippen LogP contribution in [0.15, 0.2) is 18.2 Å². The first kappa shape index (κ1) is 20.3. The maximum Gasteiger partial charge on any atom is 0.321 e. The van der Waals surface area contributed by atoms with Crippen LogP contribution < -0.4 is 15.4 Å². The molecule has 1 amide bonds. The van der Waals surface area contributed by atoms with E-state index in [0.717, 1.165) is 0 Å². The van der Waals surface area contributed by atoms with Gasteiger partial charge in [0, 0.05) is 6.54 Å². The lowest BCUT2D eigenvalue weighted by molar-refractivity contribution is -0.384. The minimum Gasteiger partial charge on any atom is -0.494 e. The van der Waals surface area contributed by atoms with E-state index in [1.54, 1.807) is 6.92 Å². The van der Waals surface area contributed by atoms with Crippen LogP contribution in [0.1, 0.15) is 20.3 Å². The van der Waals surface area contributed by atoms with Crippen molar-refractivity contribution in [2.24, 2.45) is 0 Å². The minimum absolute atomic E-state index is 0.00650. The van der Waals surface area contributed by atoms with Crippen LogP contribution in [0.25, 0.3) is 0 Å². The maximum absolute atomic E-state index is 12.0. The maximum atomic E-state index is 12.0. The Morgan fingerprint density at radius 1 is 1.40 bits per heavy atom. The molecule has 2 unspecified atom stereocenters. The Hall–Kier alpha value is -2.72. The number of carboxylic acid groups (broad SMARTS) is 1. The van der Waals surface area contributed by atoms with E-state index in [-0.39, 0.29) is 23.7 Å². The van der Waals surface area contributed by atoms with Gasteiger partial charge in [0.25, 0.3) is 5.69 Å². The van der Waals surface area contributed by atoms with Gasteiger partial charge < -0.3 is 25.6 Å². The average Bonchev–Trinajstić information content (AvgIpc) is 2.52. The van der Waals surface area contributed by atoms with Crippen LogP contribution in [0.4, 0.5) is 11.4 Å². The number of aliphatic carboxylic acids is 1. The van der Waals surface area contributed by atoms with Gasteiger partial charge in [0.05, 0.1) is 30.1 Å². The molecule has 0 saturated heterocycles. The molecule has 10 heteroatoms. The third kappa shape index (κ3) is 6.73. The van der Waals surface area contributed by atoms with Crippen LogP contribution in [-0.2, 0) is 9.59 Å². The summed E-state index contributed by atoms with van der Waals surface area (Å²) in [4.78, 5) is 33.6. The van der Waals surface area contributed by atoms with Crippen molar-refractivity contribution in [1.82, 2.24) is 5.32 Å². The van der Waals surface area contributed by atoms with Gasteiger partial charge in [0.2, 0.25) is 5.91 Å². The Kier molecular flexibility index (Phi) is 7.76. The lowest BCUT2D eigenvalue weighted by Gasteiger charge is -2.15. The lowest BCUT2D eigenvalue weighted by Crippen LogP contribution is -2.42. The summed E-state index contributed by atoms with van der Waals surface area (Å²) in [6, 6.07) is 2.74. The number of hydrogen-bond acceptors (Lipinski definition) is 7. The van der Waals surface area contributed by atoms with Gasteiger partial charge in [-0.1, -0.05) is 0 Å². The third-order valence-electron chi connectivity index (χ3n) is 3.10. The topological polar surface area (TPSA) is 151 Å². The van der Waals surface area contributed by atoms with Crippen LogP contribution in [0.5, 0.6) is 5.75 Å². The van der Waals surface area contributed by atoms with Crippen molar-refractivity contribution in [2.45, 2.75) is 32.4 Å². The molecule has 0 aliphatic carbocycles. The van der Waals surface area contributed by atoms with Gasteiger partial charge in [-0.15, -0.1) is 0 Å². The van der Waals surface area contributed by atoms with Crippen molar-refractivity contribution in [3.05, 3.63) is 28.3 Å². The predicted molar refractivity (Wildman–Crippen MR) is 88.6 cm³/mol. The number of ether oxygens (including phenoxy) is 1. The highest BCUT2D eigenvalue weighted by atomic mass is 16.6. The predicted octanol–water partition coefficient (Wildman–Crippen LogP) is 0.746. The largest absolute Gasteiger partial charge is 0.494 e. The highest BCUT2D eigenvalue weighted by Crippen LogP contribution is 2.29. The molecule has 4 N–H and O–H groups in total. The van der Waals surface area contributed by atoms with E-state index in [1.165, 1.54) is 25.1 Å². The first-order valence-corrected chi connectivity index (χ1v) is 7.60. The minimum atomic E-state index is -1.27. The second-order valence-electron chi connectivity index (χ2n) is 5.27. The standard InChI is InChI=1S/C15H21N3O7/c1-3-25-10-4-5-11(13(6-10)18(23)24)17-14(20)7-12(15(21)22)16-8-9(2)19/h4-6,9,12,16,19H,3,7-8H2,1-2H3,(H,17,20)(H,21,22). The molecule has 0 bridgehead atoms. The number of nitrogens with one attached hydrogen (secondary N) is 2. The van der Waals surface area contributed by atoms with E-state index in [9.17, 15) is 24.8 Å². The van der Waals surface area contributed by atoms with Crippen LogP contribution in [0.3, 0.4) is 0 Å². The molecular formula is C15H21N3O7. The van der Waals surface area contributed by atoms with Crippen molar-refractivity contribution >= 4 is 23.3 Å². The monoisotopic (exact) mass is 355 g/mol. The first-order chi connectivity index (χ1) is 11.7. The number of nitro benzene ring substituents is 1. The Labute approximate surface area is 143 Å². The van der Waals surface area contributed by atoms with Crippen molar-refractivity contribution in [1.29, 1.82) is 0 Å². The summed E-state index contributed by atoms with van der Waals surface area (Å²) in [6.07, 6.45) is -1.23. The van der Waals surface area contributed by atoms with Gasteiger partial charge in [-0.3, -0.25) is 19.7 Å². The number of benzene rings is 1. The van der Waals surface area contributed by atoms with Gasteiger partial charge in [-0.25, -0.2) is 0 Å². The number of aliphatic hydroxyl groups is 1. The zero-order valence-corrected chi connectivity index (χ0v) is 13.9. The fraction of sp³-hybridized carbons (Fsp3) is 0.467. The number of carboxylic acids is 1. The molecule has 1 aromatic carbocycles.